The van der Waals surface area contributed by atoms with Crippen LogP contribution in [0.5, 0.6) is 0 Å². The van der Waals surface area contributed by atoms with Gasteiger partial charge in [-0.3, -0.25) is 0 Å². The van der Waals surface area contributed by atoms with Gasteiger partial charge in [0.05, 0.1) is 0 Å². The van der Waals surface area contributed by atoms with Crippen LogP contribution in [0.15, 0.2) is 42.6 Å². The highest BCUT2D eigenvalue weighted by atomic mass is 15.1. The minimum Gasteiger partial charge on any atom is -0.370 e. The van der Waals surface area contributed by atoms with E-state index in [1.54, 1.807) is 6.20 Å². The summed E-state index contributed by atoms with van der Waals surface area (Å²) < 4.78 is 0. The molecule has 0 spiro atoms. The number of hydrogen-bond donors (Lipinski definition) is 2. The Balaban J connectivity index is 1.79. The van der Waals surface area contributed by atoms with Crippen molar-refractivity contribution >= 4 is 11.8 Å². The Morgan fingerprint density at radius 2 is 1.85 bits per heavy atom. The van der Waals surface area contributed by atoms with E-state index in [2.05, 4.69) is 51.8 Å². The van der Waals surface area contributed by atoms with E-state index in [0.717, 1.165) is 31.7 Å². The Kier molecular flexibility index (Phi) is 5.83. The van der Waals surface area contributed by atoms with Crippen LogP contribution in [-0.4, -0.2) is 23.1 Å². The number of hydrogen-bond acceptors (Lipinski definition) is 4. The zero-order valence-corrected chi connectivity index (χ0v) is 12.0. The second-order valence-electron chi connectivity index (χ2n) is 4.71. The van der Waals surface area contributed by atoms with Crippen LogP contribution in [0, 0.1) is 0 Å². The third-order valence-electron chi connectivity index (χ3n) is 3.03. The molecule has 0 bridgehead atoms. The maximum atomic E-state index is 4.44. The SMILES string of the molecule is CCCCNc1ccnc(NCCc2ccccc2)n1. The predicted octanol–water partition coefficient (Wildman–Crippen LogP) is 3.34. The first-order valence-corrected chi connectivity index (χ1v) is 7.23. The van der Waals surface area contributed by atoms with Crippen molar-refractivity contribution in [3.63, 3.8) is 0 Å². The van der Waals surface area contributed by atoms with Crippen molar-refractivity contribution in [3.05, 3.63) is 48.2 Å². The maximum Gasteiger partial charge on any atom is 0.224 e. The molecule has 0 saturated carbocycles. The molecule has 20 heavy (non-hydrogen) atoms. The highest BCUT2D eigenvalue weighted by Crippen LogP contribution is 2.06. The van der Waals surface area contributed by atoms with Gasteiger partial charge in [0.1, 0.15) is 5.82 Å². The topological polar surface area (TPSA) is 49.8 Å². The van der Waals surface area contributed by atoms with Crippen LogP contribution < -0.4 is 10.6 Å². The number of aromatic nitrogens is 2. The van der Waals surface area contributed by atoms with Gasteiger partial charge in [0.25, 0.3) is 0 Å². The summed E-state index contributed by atoms with van der Waals surface area (Å²) in [7, 11) is 0. The van der Waals surface area contributed by atoms with Crippen molar-refractivity contribution in [2.24, 2.45) is 0 Å². The van der Waals surface area contributed by atoms with Crippen LogP contribution in [0.3, 0.4) is 0 Å². The van der Waals surface area contributed by atoms with E-state index in [0.29, 0.717) is 5.95 Å². The van der Waals surface area contributed by atoms with E-state index in [1.165, 1.54) is 12.0 Å². The van der Waals surface area contributed by atoms with E-state index in [4.69, 9.17) is 0 Å². The second kappa shape index (κ2) is 8.15. The number of anilines is 2. The molecule has 0 atom stereocenters. The van der Waals surface area contributed by atoms with Crippen LogP contribution >= 0.6 is 0 Å². The summed E-state index contributed by atoms with van der Waals surface area (Å²) >= 11 is 0. The summed E-state index contributed by atoms with van der Waals surface area (Å²) in [6.45, 7) is 3.97. The van der Waals surface area contributed by atoms with Gasteiger partial charge in [-0.05, 0) is 24.5 Å². The number of benzene rings is 1. The average molecular weight is 270 g/mol. The number of unbranched alkanes of at least 4 members (excludes halogenated alkanes) is 1. The van der Waals surface area contributed by atoms with Gasteiger partial charge < -0.3 is 10.6 Å². The Morgan fingerprint density at radius 1 is 1.00 bits per heavy atom. The van der Waals surface area contributed by atoms with Gasteiger partial charge in [-0.1, -0.05) is 43.7 Å². The monoisotopic (exact) mass is 270 g/mol. The fraction of sp³-hybridized carbons (Fsp3) is 0.375. The van der Waals surface area contributed by atoms with Crippen molar-refractivity contribution in [1.82, 2.24) is 9.97 Å². The van der Waals surface area contributed by atoms with Gasteiger partial charge in [0, 0.05) is 19.3 Å². The smallest absolute Gasteiger partial charge is 0.224 e. The molecule has 4 nitrogen and oxygen atoms in total. The molecular weight excluding hydrogens is 248 g/mol. The molecule has 0 radical (unpaired) electrons. The first-order valence-electron chi connectivity index (χ1n) is 7.23. The molecule has 2 aromatic rings. The van der Waals surface area contributed by atoms with E-state index in [9.17, 15) is 0 Å². The molecule has 106 valence electrons. The van der Waals surface area contributed by atoms with Crippen LogP contribution in [0.4, 0.5) is 11.8 Å². The average Bonchev–Trinajstić information content (AvgIpc) is 2.49. The molecule has 0 aliphatic heterocycles. The maximum absolute atomic E-state index is 4.44. The molecule has 2 rings (SSSR count). The predicted molar refractivity (Wildman–Crippen MR) is 84.1 cm³/mol. The lowest BCUT2D eigenvalue weighted by Crippen LogP contribution is -2.10. The molecule has 4 heteroatoms. The van der Waals surface area contributed by atoms with Crippen LogP contribution in [0.1, 0.15) is 25.3 Å². The van der Waals surface area contributed by atoms with Gasteiger partial charge in [-0.25, -0.2) is 4.98 Å². The lowest BCUT2D eigenvalue weighted by Gasteiger charge is -2.08. The van der Waals surface area contributed by atoms with Crippen LogP contribution in [0.2, 0.25) is 0 Å². The highest BCUT2D eigenvalue weighted by Gasteiger charge is 1.98. The first kappa shape index (κ1) is 14.3. The summed E-state index contributed by atoms with van der Waals surface area (Å²) in [6.07, 6.45) is 5.09. The largest absolute Gasteiger partial charge is 0.370 e. The molecule has 1 aromatic heterocycles. The van der Waals surface area contributed by atoms with Gasteiger partial charge in [-0.2, -0.15) is 4.98 Å². The molecule has 0 aliphatic carbocycles. The first-order chi connectivity index (χ1) is 9.88. The third-order valence-corrected chi connectivity index (χ3v) is 3.03. The summed E-state index contributed by atoms with van der Waals surface area (Å²) in [4.78, 5) is 8.68. The van der Waals surface area contributed by atoms with E-state index in [1.807, 2.05) is 12.1 Å². The lowest BCUT2D eigenvalue weighted by molar-refractivity contribution is 0.830. The standard InChI is InChI=1S/C16H22N4/c1-2-3-11-17-15-10-13-19-16(20-15)18-12-9-14-7-5-4-6-8-14/h4-8,10,13H,2-3,9,11-12H2,1H3,(H2,17,18,19,20). The Bertz CT molecular complexity index is 499. The number of nitrogens with one attached hydrogen (secondary N) is 2. The van der Waals surface area contributed by atoms with Gasteiger partial charge in [0.2, 0.25) is 5.95 Å². The van der Waals surface area contributed by atoms with Crippen LogP contribution in [-0.2, 0) is 6.42 Å². The number of nitrogens with zero attached hydrogens (tertiary/aromatic N) is 2. The minimum absolute atomic E-state index is 0.683. The fourth-order valence-corrected chi connectivity index (χ4v) is 1.90. The summed E-state index contributed by atoms with van der Waals surface area (Å²) in [5.41, 5.74) is 1.32. The molecule has 1 aromatic carbocycles. The third kappa shape index (κ3) is 4.88. The Hall–Kier alpha value is -2.10. The molecule has 0 aliphatic rings. The second-order valence-corrected chi connectivity index (χ2v) is 4.71. The zero-order chi connectivity index (χ0) is 14.0. The highest BCUT2D eigenvalue weighted by molar-refractivity contribution is 5.39. The van der Waals surface area contributed by atoms with Crippen molar-refractivity contribution in [3.8, 4) is 0 Å². The number of rotatable bonds is 8. The lowest BCUT2D eigenvalue weighted by atomic mass is 10.1. The quantitative estimate of drug-likeness (QED) is 0.722. The summed E-state index contributed by atoms with van der Waals surface area (Å²) in [5.74, 6) is 1.57. The normalized spacial score (nSPS) is 10.2. The Morgan fingerprint density at radius 3 is 2.65 bits per heavy atom. The van der Waals surface area contributed by atoms with Gasteiger partial charge >= 0.3 is 0 Å². The van der Waals surface area contributed by atoms with E-state index in [-0.39, 0.29) is 0 Å². The van der Waals surface area contributed by atoms with Crippen molar-refractivity contribution in [1.29, 1.82) is 0 Å². The van der Waals surface area contributed by atoms with E-state index < -0.39 is 0 Å². The molecule has 0 amide bonds. The summed E-state index contributed by atoms with van der Waals surface area (Å²) in [5, 5.41) is 6.56. The molecule has 0 fully saturated rings. The minimum atomic E-state index is 0.683. The molecule has 0 saturated heterocycles. The van der Waals surface area contributed by atoms with Gasteiger partial charge in [0.15, 0.2) is 0 Å². The van der Waals surface area contributed by atoms with Crippen molar-refractivity contribution in [2.75, 3.05) is 23.7 Å². The van der Waals surface area contributed by atoms with Crippen molar-refractivity contribution < 1.29 is 0 Å². The molecule has 0 unspecified atom stereocenters. The van der Waals surface area contributed by atoms with Crippen LogP contribution in [0.25, 0.3) is 0 Å². The molecular formula is C16H22N4. The molecule has 1 heterocycles. The van der Waals surface area contributed by atoms with E-state index >= 15 is 0 Å². The van der Waals surface area contributed by atoms with Gasteiger partial charge in [-0.15, -0.1) is 0 Å². The fourth-order valence-electron chi connectivity index (χ4n) is 1.90. The summed E-state index contributed by atoms with van der Waals surface area (Å²) in [6, 6.07) is 12.3. The van der Waals surface area contributed by atoms with Crippen molar-refractivity contribution in [2.45, 2.75) is 26.2 Å². The molecule has 2 N–H and O–H groups in total. The Labute approximate surface area is 120 Å². The zero-order valence-electron chi connectivity index (χ0n) is 12.0.